The number of fused-ring (bicyclic) bond motifs is 5. The average molecular weight is 488 g/mol. The molecular formula is C28H41NO6. The van der Waals surface area contributed by atoms with Crippen molar-refractivity contribution in [3.63, 3.8) is 0 Å². The lowest BCUT2D eigenvalue weighted by Crippen LogP contribution is -2.51. The third-order valence-electron chi connectivity index (χ3n) is 9.95. The monoisotopic (exact) mass is 487 g/mol. The molecule has 0 spiro atoms. The molecule has 0 aromatic carbocycles. The number of nitrogens with one attached hydrogen (secondary N) is 1. The molecule has 35 heavy (non-hydrogen) atoms. The molecule has 2 N–H and O–H groups in total. The maximum atomic E-state index is 12.7. The number of carbonyl (C=O) groups excluding carboxylic acids is 3. The van der Waals surface area contributed by atoms with E-state index in [2.05, 4.69) is 19.2 Å². The summed E-state index contributed by atoms with van der Waals surface area (Å²) >= 11 is 0. The SMILES string of the molecule is CC(C)[C@@H](NC(=O)CCC(=O)O[C@H]1CC[C@H]2[C@H]3CCC4=CC(=O)CC[C@]4(C)[C@@H]3CC[C@]12C)C(=O)O. The van der Waals surface area contributed by atoms with E-state index in [1.54, 1.807) is 13.8 Å². The van der Waals surface area contributed by atoms with Gasteiger partial charge in [-0.05, 0) is 80.1 Å². The Morgan fingerprint density at radius 2 is 1.80 bits per heavy atom. The lowest BCUT2D eigenvalue weighted by Gasteiger charge is -2.57. The Labute approximate surface area is 208 Å². The fourth-order valence-electron chi connectivity index (χ4n) is 7.90. The zero-order chi connectivity index (χ0) is 25.5. The molecule has 0 unspecified atom stereocenters. The molecule has 0 radical (unpaired) electrons. The fraction of sp³-hybridized carbons (Fsp3) is 0.786. The van der Waals surface area contributed by atoms with Crippen LogP contribution in [0, 0.1) is 34.5 Å². The highest BCUT2D eigenvalue weighted by molar-refractivity contribution is 5.91. The number of ether oxygens (including phenoxy) is 1. The van der Waals surface area contributed by atoms with Gasteiger partial charge in [-0.1, -0.05) is 33.3 Å². The maximum absolute atomic E-state index is 12.7. The van der Waals surface area contributed by atoms with Crippen LogP contribution in [0.15, 0.2) is 11.6 Å². The quantitative estimate of drug-likeness (QED) is 0.514. The first-order valence-corrected chi connectivity index (χ1v) is 13.4. The summed E-state index contributed by atoms with van der Waals surface area (Å²) in [5.74, 6) is -0.146. The second-order valence-corrected chi connectivity index (χ2v) is 12.2. The molecule has 194 valence electrons. The third-order valence-corrected chi connectivity index (χ3v) is 9.95. The molecule has 7 nitrogen and oxygen atoms in total. The van der Waals surface area contributed by atoms with Crippen LogP contribution in [0.2, 0.25) is 0 Å². The van der Waals surface area contributed by atoms with Crippen LogP contribution < -0.4 is 5.32 Å². The van der Waals surface area contributed by atoms with Crippen LogP contribution in [-0.2, 0) is 23.9 Å². The van der Waals surface area contributed by atoms with E-state index in [-0.39, 0.29) is 47.4 Å². The molecule has 0 aromatic rings. The number of carboxylic acid groups (broad SMARTS) is 1. The largest absolute Gasteiger partial charge is 0.480 e. The van der Waals surface area contributed by atoms with Crippen LogP contribution in [0.5, 0.6) is 0 Å². The van der Waals surface area contributed by atoms with E-state index in [0.717, 1.165) is 44.9 Å². The zero-order valence-electron chi connectivity index (χ0n) is 21.6. The van der Waals surface area contributed by atoms with Gasteiger partial charge in [-0.15, -0.1) is 0 Å². The predicted molar refractivity (Wildman–Crippen MR) is 130 cm³/mol. The first-order valence-electron chi connectivity index (χ1n) is 13.4. The number of hydrogen-bond acceptors (Lipinski definition) is 5. The van der Waals surface area contributed by atoms with Gasteiger partial charge in [-0.3, -0.25) is 14.4 Å². The Morgan fingerprint density at radius 1 is 1.06 bits per heavy atom. The van der Waals surface area contributed by atoms with Gasteiger partial charge in [0.2, 0.25) is 5.91 Å². The summed E-state index contributed by atoms with van der Waals surface area (Å²) in [5, 5.41) is 11.8. The highest BCUT2D eigenvalue weighted by atomic mass is 16.5. The number of esters is 1. The minimum Gasteiger partial charge on any atom is -0.480 e. The molecule has 0 aliphatic heterocycles. The van der Waals surface area contributed by atoms with Crippen molar-refractivity contribution in [3.8, 4) is 0 Å². The molecule has 4 aliphatic rings. The van der Waals surface area contributed by atoms with Crippen molar-refractivity contribution in [2.75, 3.05) is 0 Å². The van der Waals surface area contributed by atoms with E-state index < -0.39 is 17.9 Å². The third kappa shape index (κ3) is 4.79. The second-order valence-electron chi connectivity index (χ2n) is 12.2. The summed E-state index contributed by atoms with van der Waals surface area (Å²) in [5.41, 5.74) is 1.44. The Bertz CT molecular complexity index is 924. The highest BCUT2D eigenvalue weighted by Crippen LogP contribution is 2.65. The Balaban J connectivity index is 1.35. The first-order chi connectivity index (χ1) is 16.5. The van der Waals surface area contributed by atoms with E-state index in [1.807, 2.05) is 6.08 Å². The van der Waals surface area contributed by atoms with Crippen LogP contribution >= 0.6 is 0 Å². The van der Waals surface area contributed by atoms with Crippen LogP contribution in [0.25, 0.3) is 0 Å². The topological polar surface area (TPSA) is 110 Å². The van der Waals surface area contributed by atoms with Gasteiger partial charge in [-0.2, -0.15) is 0 Å². The number of aliphatic carboxylic acids is 1. The van der Waals surface area contributed by atoms with Crippen molar-refractivity contribution < 1.29 is 29.0 Å². The van der Waals surface area contributed by atoms with Crippen molar-refractivity contribution in [2.24, 2.45) is 34.5 Å². The molecule has 4 aliphatic carbocycles. The molecule has 4 rings (SSSR count). The predicted octanol–water partition coefficient (Wildman–Crippen LogP) is 4.44. The molecule has 0 heterocycles. The number of rotatable bonds is 7. The van der Waals surface area contributed by atoms with Gasteiger partial charge >= 0.3 is 11.9 Å². The Kier molecular flexibility index (Phi) is 7.18. The van der Waals surface area contributed by atoms with Gasteiger partial charge in [0.05, 0.1) is 6.42 Å². The van der Waals surface area contributed by atoms with E-state index in [9.17, 15) is 24.3 Å². The minimum absolute atomic E-state index is 0.0418. The highest BCUT2D eigenvalue weighted by Gasteiger charge is 2.59. The Hall–Kier alpha value is -2.18. The lowest BCUT2D eigenvalue weighted by molar-refractivity contribution is -0.160. The Morgan fingerprint density at radius 3 is 2.49 bits per heavy atom. The minimum atomic E-state index is -1.07. The number of amides is 1. The van der Waals surface area contributed by atoms with Gasteiger partial charge in [-0.25, -0.2) is 4.79 Å². The van der Waals surface area contributed by atoms with Crippen LogP contribution in [0.4, 0.5) is 0 Å². The summed E-state index contributed by atoms with van der Waals surface area (Å²) in [7, 11) is 0. The number of ketones is 1. The fourth-order valence-corrected chi connectivity index (χ4v) is 7.90. The molecule has 3 saturated carbocycles. The number of carbonyl (C=O) groups is 4. The summed E-state index contributed by atoms with van der Waals surface area (Å²) in [4.78, 5) is 48.2. The van der Waals surface area contributed by atoms with Crippen LogP contribution in [0.3, 0.4) is 0 Å². The molecule has 0 bridgehead atoms. The van der Waals surface area contributed by atoms with Crippen LogP contribution in [0.1, 0.15) is 91.9 Å². The van der Waals surface area contributed by atoms with E-state index in [0.29, 0.717) is 24.2 Å². The van der Waals surface area contributed by atoms with Gasteiger partial charge in [0.1, 0.15) is 12.1 Å². The normalized spacial score (nSPS) is 36.9. The van der Waals surface area contributed by atoms with E-state index in [1.165, 1.54) is 5.57 Å². The van der Waals surface area contributed by atoms with Crippen molar-refractivity contribution in [1.82, 2.24) is 5.32 Å². The molecule has 0 saturated heterocycles. The number of allylic oxidation sites excluding steroid dienone is 1. The van der Waals surface area contributed by atoms with Crippen molar-refractivity contribution in [1.29, 1.82) is 0 Å². The summed E-state index contributed by atoms with van der Waals surface area (Å²) in [6.45, 7) is 8.12. The smallest absolute Gasteiger partial charge is 0.326 e. The van der Waals surface area contributed by atoms with Gasteiger partial charge in [0.15, 0.2) is 5.78 Å². The summed E-state index contributed by atoms with van der Waals surface area (Å²) in [6.07, 6.45) is 9.44. The first kappa shape index (κ1) is 25.9. The summed E-state index contributed by atoms with van der Waals surface area (Å²) < 4.78 is 5.97. The lowest BCUT2D eigenvalue weighted by atomic mass is 9.47. The molecule has 1 amide bonds. The maximum Gasteiger partial charge on any atom is 0.326 e. The standard InChI is InChI=1S/C28H41NO6/c1-16(2)25(26(33)34)29-23(31)9-10-24(32)35-22-8-7-20-19-6-5-17-15-18(30)11-13-27(17,3)21(19)12-14-28(20,22)4/h15-16,19-22,25H,5-14H2,1-4H3,(H,29,31)(H,33,34)/t19-,20+,21-,22+,25-,27+,28+/m1/s1. The number of carboxylic acids is 1. The van der Waals surface area contributed by atoms with Gasteiger partial charge in [0, 0.05) is 18.3 Å². The number of hydrogen-bond donors (Lipinski definition) is 2. The van der Waals surface area contributed by atoms with E-state index >= 15 is 0 Å². The molecule has 0 aromatic heterocycles. The van der Waals surface area contributed by atoms with E-state index in [4.69, 9.17) is 4.74 Å². The van der Waals surface area contributed by atoms with Crippen LogP contribution in [-0.4, -0.2) is 40.9 Å². The van der Waals surface area contributed by atoms with Crippen molar-refractivity contribution in [2.45, 2.75) is 104 Å². The molecule has 7 heteroatoms. The van der Waals surface area contributed by atoms with Crippen molar-refractivity contribution >= 4 is 23.6 Å². The van der Waals surface area contributed by atoms with Gasteiger partial charge in [0.25, 0.3) is 0 Å². The average Bonchev–Trinajstić information content (AvgIpc) is 3.12. The molecule has 7 atom stereocenters. The zero-order valence-corrected chi connectivity index (χ0v) is 21.6. The second kappa shape index (κ2) is 9.70. The van der Waals surface area contributed by atoms with Crippen molar-refractivity contribution in [3.05, 3.63) is 11.6 Å². The molecule has 3 fully saturated rings. The molecular weight excluding hydrogens is 446 g/mol. The summed E-state index contributed by atoms with van der Waals surface area (Å²) in [6, 6.07) is -0.960. The van der Waals surface area contributed by atoms with Gasteiger partial charge < -0.3 is 15.2 Å².